The molecular weight excluding hydrogens is 328 g/mol. The highest BCUT2D eigenvalue weighted by Gasteiger charge is 2.40. The van der Waals surface area contributed by atoms with Gasteiger partial charge in [0.05, 0.1) is 17.2 Å². The molecule has 2 nitrogen and oxygen atoms in total. The molecule has 1 fully saturated rings. The lowest BCUT2D eigenvalue weighted by atomic mass is 9.74. The van der Waals surface area contributed by atoms with Gasteiger partial charge in [-0.15, -0.1) is 0 Å². The fourth-order valence-corrected chi connectivity index (χ4v) is 4.17. The molecule has 1 saturated heterocycles. The molecule has 0 aliphatic carbocycles. The van der Waals surface area contributed by atoms with Crippen LogP contribution in [0.4, 0.5) is 0 Å². The molecule has 1 atom stereocenters. The number of rotatable bonds is 4. The number of nitrogens with one attached hydrogen (secondary N) is 1. The number of nitriles is 1. The summed E-state index contributed by atoms with van der Waals surface area (Å²) in [5.74, 6) is 0.746. The summed E-state index contributed by atoms with van der Waals surface area (Å²) in [6, 6.07) is 15.2. The van der Waals surface area contributed by atoms with Crippen molar-refractivity contribution in [3.05, 3.63) is 69.2 Å². The smallest absolute Gasteiger partial charge is 0.0995 e. The van der Waals surface area contributed by atoms with Crippen LogP contribution in [0.1, 0.15) is 73.8 Å². The van der Waals surface area contributed by atoms with Crippen LogP contribution in [-0.4, -0.2) is 6.54 Å². The molecule has 3 rings (SSSR count). The number of halogens is 1. The Balaban J connectivity index is 2.09. The molecule has 1 heterocycles. The molecule has 1 aliphatic heterocycles. The molecule has 25 heavy (non-hydrogen) atoms. The van der Waals surface area contributed by atoms with Gasteiger partial charge in [-0.3, -0.25) is 0 Å². The van der Waals surface area contributed by atoms with E-state index in [1.165, 1.54) is 11.1 Å². The Morgan fingerprint density at radius 3 is 2.12 bits per heavy atom. The van der Waals surface area contributed by atoms with Gasteiger partial charge in [-0.2, -0.15) is 5.26 Å². The summed E-state index contributed by atoms with van der Waals surface area (Å²) in [4.78, 5) is 0. The van der Waals surface area contributed by atoms with E-state index in [9.17, 15) is 5.26 Å². The van der Waals surface area contributed by atoms with Gasteiger partial charge in [-0.1, -0.05) is 63.6 Å². The molecule has 0 spiro atoms. The zero-order valence-corrected chi connectivity index (χ0v) is 16.1. The number of benzene rings is 2. The third kappa shape index (κ3) is 3.08. The molecule has 130 valence electrons. The van der Waals surface area contributed by atoms with Crippen molar-refractivity contribution in [3.63, 3.8) is 0 Å². The summed E-state index contributed by atoms with van der Waals surface area (Å²) in [6.07, 6.45) is 1.01. The predicted molar refractivity (Wildman–Crippen MR) is 104 cm³/mol. The standard InChI is InChI=1S/C22H25ClN2/c1-14(2)16-5-7-18(8-6-16)22(9-10-25-22)19-11-17(13-24)21(15(3)4)20(23)12-19/h5-8,11-12,14-15,25H,9-10H2,1-4H3. The van der Waals surface area contributed by atoms with Gasteiger partial charge in [-0.25, -0.2) is 0 Å². The third-order valence-electron chi connectivity index (χ3n) is 5.32. The molecule has 0 bridgehead atoms. The highest BCUT2D eigenvalue weighted by atomic mass is 35.5. The highest BCUT2D eigenvalue weighted by molar-refractivity contribution is 6.31. The van der Waals surface area contributed by atoms with Crippen LogP contribution >= 0.6 is 11.6 Å². The fourth-order valence-electron chi connectivity index (χ4n) is 3.73. The van der Waals surface area contributed by atoms with E-state index >= 15 is 0 Å². The van der Waals surface area contributed by atoms with E-state index in [0.717, 1.165) is 24.1 Å². The normalized spacial score (nSPS) is 19.8. The number of hydrogen-bond acceptors (Lipinski definition) is 2. The Hall–Kier alpha value is -1.82. The van der Waals surface area contributed by atoms with E-state index in [4.69, 9.17) is 11.6 Å². The van der Waals surface area contributed by atoms with Gasteiger partial charge in [0.1, 0.15) is 0 Å². The van der Waals surface area contributed by atoms with Gasteiger partial charge < -0.3 is 5.32 Å². The van der Waals surface area contributed by atoms with E-state index in [1.807, 2.05) is 12.1 Å². The van der Waals surface area contributed by atoms with Crippen molar-refractivity contribution >= 4 is 11.6 Å². The minimum atomic E-state index is -0.236. The summed E-state index contributed by atoms with van der Waals surface area (Å²) < 4.78 is 0. The molecule has 1 aliphatic rings. The molecule has 2 aromatic rings. The molecule has 0 radical (unpaired) electrons. The van der Waals surface area contributed by atoms with E-state index in [1.54, 1.807) is 0 Å². The Kier molecular flexibility index (Phi) is 4.91. The fraction of sp³-hybridized carbons (Fsp3) is 0.409. The first-order valence-electron chi connectivity index (χ1n) is 8.98. The molecule has 1 unspecified atom stereocenters. The zero-order chi connectivity index (χ0) is 18.2. The average molecular weight is 353 g/mol. The molecule has 0 amide bonds. The lowest BCUT2D eigenvalue weighted by molar-refractivity contribution is 0.265. The largest absolute Gasteiger partial charge is 0.304 e. The molecule has 0 saturated carbocycles. The van der Waals surface area contributed by atoms with Gasteiger partial charge in [0.25, 0.3) is 0 Å². The molecular formula is C22H25ClN2. The maximum atomic E-state index is 9.61. The van der Waals surface area contributed by atoms with Gasteiger partial charge in [0, 0.05) is 5.02 Å². The lowest BCUT2D eigenvalue weighted by Crippen LogP contribution is -2.54. The minimum absolute atomic E-state index is 0.229. The van der Waals surface area contributed by atoms with Crippen molar-refractivity contribution in [2.75, 3.05) is 6.54 Å². The van der Waals surface area contributed by atoms with Crippen molar-refractivity contribution in [3.8, 4) is 6.07 Å². The summed E-state index contributed by atoms with van der Waals surface area (Å²) >= 11 is 6.57. The number of hydrogen-bond donors (Lipinski definition) is 1. The molecule has 0 aromatic heterocycles. The van der Waals surface area contributed by atoms with Crippen molar-refractivity contribution in [2.45, 2.75) is 51.5 Å². The minimum Gasteiger partial charge on any atom is -0.304 e. The monoisotopic (exact) mass is 352 g/mol. The first-order chi connectivity index (χ1) is 11.9. The second kappa shape index (κ2) is 6.83. The van der Waals surface area contributed by atoms with Crippen LogP contribution in [0.15, 0.2) is 36.4 Å². The van der Waals surface area contributed by atoms with Crippen LogP contribution in [0.3, 0.4) is 0 Å². The van der Waals surface area contributed by atoms with Crippen LogP contribution in [0.25, 0.3) is 0 Å². The first kappa shape index (κ1) is 18.0. The topological polar surface area (TPSA) is 35.8 Å². The highest BCUT2D eigenvalue weighted by Crippen LogP contribution is 2.41. The SMILES string of the molecule is CC(C)c1ccc(C2(c3cc(Cl)c(C(C)C)c(C#N)c3)CCN2)cc1. The second-order valence-corrected chi connectivity index (χ2v) is 7.95. The first-order valence-corrected chi connectivity index (χ1v) is 9.36. The van der Waals surface area contributed by atoms with Crippen molar-refractivity contribution in [1.29, 1.82) is 5.26 Å². The lowest BCUT2D eigenvalue weighted by Gasteiger charge is -2.45. The molecule has 3 heteroatoms. The van der Waals surface area contributed by atoms with Gasteiger partial charge >= 0.3 is 0 Å². The summed E-state index contributed by atoms with van der Waals surface area (Å²) in [7, 11) is 0. The second-order valence-electron chi connectivity index (χ2n) is 7.54. The van der Waals surface area contributed by atoms with E-state index in [2.05, 4.69) is 63.3 Å². The van der Waals surface area contributed by atoms with Crippen molar-refractivity contribution < 1.29 is 0 Å². The van der Waals surface area contributed by atoms with Crippen LogP contribution in [0.5, 0.6) is 0 Å². The van der Waals surface area contributed by atoms with Crippen LogP contribution < -0.4 is 5.32 Å². The van der Waals surface area contributed by atoms with Gasteiger partial charge in [0.2, 0.25) is 0 Å². The third-order valence-corrected chi connectivity index (χ3v) is 5.63. The Morgan fingerprint density at radius 1 is 1.04 bits per heavy atom. The van der Waals surface area contributed by atoms with E-state index in [0.29, 0.717) is 16.5 Å². The van der Waals surface area contributed by atoms with Crippen molar-refractivity contribution in [1.82, 2.24) is 5.32 Å². The molecule has 1 N–H and O–H groups in total. The van der Waals surface area contributed by atoms with Crippen LogP contribution in [0.2, 0.25) is 5.02 Å². The summed E-state index contributed by atoms with van der Waals surface area (Å²) in [5.41, 5.74) is 5.05. The van der Waals surface area contributed by atoms with Crippen LogP contribution in [-0.2, 0) is 5.54 Å². The number of nitrogens with zero attached hydrogens (tertiary/aromatic N) is 1. The molecule has 2 aromatic carbocycles. The Bertz CT molecular complexity index is 809. The zero-order valence-electron chi connectivity index (χ0n) is 15.4. The average Bonchev–Trinajstić information content (AvgIpc) is 2.53. The summed E-state index contributed by atoms with van der Waals surface area (Å²) in [5, 5.41) is 13.9. The van der Waals surface area contributed by atoms with E-state index in [-0.39, 0.29) is 11.5 Å². The predicted octanol–water partition coefficient (Wildman–Crippen LogP) is 5.70. The van der Waals surface area contributed by atoms with Gasteiger partial charge in [-0.05, 0) is 59.2 Å². The quantitative estimate of drug-likeness (QED) is 0.766. The van der Waals surface area contributed by atoms with E-state index < -0.39 is 0 Å². The summed E-state index contributed by atoms with van der Waals surface area (Å²) in [6.45, 7) is 9.52. The maximum absolute atomic E-state index is 9.61. The van der Waals surface area contributed by atoms with Gasteiger partial charge in [0.15, 0.2) is 0 Å². The maximum Gasteiger partial charge on any atom is 0.0995 e. The van der Waals surface area contributed by atoms with Crippen LogP contribution in [0, 0.1) is 11.3 Å². The van der Waals surface area contributed by atoms with Crippen molar-refractivity contribution in [2.24, 2.45) is 0 Å². The Morgan fingerprint density at radius 2 is 1.68 bits per heavy atom. The Labute approximate surface area is 155 Å².